The Kier molecular flexibility index (Phi) is 7.44. The van der Waals surface area contributed by atoms with E-state index in [0.717, 1.165) is 10.0 Å². The molecule has 7 nitrogen and oxygen atoms in total. The molecule has 0 aliphatic rings. The molecule has 0 heterocycles. The monoisotopic (exact) mass is 414 g/mol. The third-order valence-electron chi connectivity index (χ3n) is 3.86. The molecule has 10 heteroatoms. The molecule has 0 fully saturated rings. The van der Waals surface area contributed by atoms with Crippen LogP contribution >= 0.6 is 0 Å². The molecule has 0 aliphatic heterocycles. The van der Waals surface area contributed by atoms with Crippen molar-refractivity contribution in [2.45, 2.75) is 17.9 Å². The van der Waals surface area contributed by atoms with E-state index in [4.69, 9.17) is 0 Å². The van der Waals surface area contributed by atoms with Gasteiger partial charge in [0.1, 0.15) is 5.75 Å². The van der Waals surface area contributed by atoms with Gasteiger partial charge in [-0.3, -0.25) is 9.63 Å². The van der Waals surface area contributed by atoms with Crippen LogP contribution in [0, 0.1) is 0 Å². The van der Waals surface area contributed by atoms with Crippen molar-refractivity contribution in [2.24, 2.45) is 0 Å². The molecule has 0 saturated carbocycles. The number of sulfonamides is 1. The molecule has 152 valence electrons. The molecule has 0 saturated heterocycles. The Morgan fingerprint density at radius 2 is 1.71 bits per heavy atom. The maximum atomic E-state index is 12.2. The van der Waals surface area contributed by atoms with Crippen LogP contribution in [0.4, 0.5) is 8.78 Å². The van der Waals surface area contributed by atoms with E-state index < -0.39 is 16.6 Å². The summed E-state index contributed by atoms with van der Waals surface area (Å²) < 4.78 is 53.4. The minimum Gasteiger partial charge on any atom is -0.435 e. The van der Waals surface area contributed by atoms with Crippen LogP contribution in [0.15, 0.2) is 53.4 Å². The van der Waals surface area contributed by atoms with Crippen LogP contribution in [-0.4, -0.2) is 46.1 Å². The van der Waals surface area contributed by atoms with Gasteiger partial charge in [0.05, 0.1) is 12.0 Å². The number of nitrogens with zero attached hydrogens (tertiary/aromatic N) is 1. The molecule has 0 bridgehead atoms. The first kappa shape index (κ1) is 21.7. The van der Waals surface area contributed by atoms with Crippen LogP contribution in [0.3, 0.4) is 0 Å². The van der Waals surface area contributed by atoms with E-state index in [1.165, 1.54) is 50.6 Å². The highest BCUT2D eigenvalue weighted by atomic mass is 32.2. The van der Waals surface area contributed by atoms with Crippen molar-refractivity contribution in [3.05, 3.63) is 59.7 Å². The molecule has 0 aliphatic carbocycles. The van der Waals surface area contributed by atoms with Crippen LogP contribution in [0.2, 0.25) is 0 Å². The molecule has 2 rings (SSSR count). The second-order valence-corrected chi connectivity index (χ2v) is 7.59. The predicted molar refractivity (Wildman–Crippen MR) is 97.5 cm³/mol. The average Bonchev–Trinajstić information content (AvgIpc) is 2.68. The molecular weight excluding hydrogens is 394 g/mol. The smallest absolute Gasteiger partial charge is 0.387 e. The molecule has 0 unspecified atom stereocenters. The minimum absolute atomic E-state index is 0.000457. The van der Waals surface area contributed by atoms with Gasteiger partial charge in [-0.05, 0) is 48.4 Å². The third kappa shape index (κ3) is 5.72. The maximum absolute atomic E-state index is 12.2. The highest BCUT2D eigenvalue weighted by Gasteiger charge is 2.20. The number of carbonyl (C=O) groups excluding carboxylic acids is 1. The lowest BCUT2D eigenvalue weighted by atomic mass is 10.1. The van der Waals surface area contributed by atoms with E-state index in [1.54, 1.807) is 12.1 Å². The highest BCUT2D eigenvalue weighted by Crippen LogP contribution is 2.16. The Morgan fingerprint density at radius 3 is 2.25 bits per heavy atom. The number of ether oxygens (including phenoxy) is 1. The molecule has 0 spiro atoms. The van der Waals surface area contributed by atoms with Gasteiger partial charge in [0.2, 0.25) is 0 Å². The van der Waals surface area contributed by atoms with E-state index in [-0.39, 0.29) is 16.6 Å². The molecule has 0 atom stereocenters. The number of nitrogens with one attached hydrogen (secondary N) is 1. The summed E-state index contributed by atoms with van der Waals surface area (Å²) in [7, 11) is -1.27. The largest absolute Gasteiger partial charge is 0.435 e. The maximum Gasteiger partial charge on any atom is 0.387 e. The fourth-order valence-electron chi connectivity index (χ4n) is 2.28. The molecule has 2 aromatic carbocycles. The van der Waals surface area contributed by atoms with E-state index >= 15 is 0 Å². The zero-order chi connectivity index (χ0) is 20.7. The van der Waals surface area contributed by atoms with Gasteiger partial charge in [0, 0.05) is 19.2 Å². The minimum atomic E-state index is -3.77. The second kappa shape index (κ2) is 9.58. The van der Waals surface area contributed by atoms with E-state index in [9.17, 15) is 22.0 Å². The van der Waals surface area contributed by atoms with Crippen molar-refractivity contribution in [1.82, 2.24) is 9.79 Å². The van der Waals surface area contributed by atoms with E-state index in [1.807, 2.05) is 0 Å². The third-order valence-corrected chi connectivity index (χ3v) is 5.55. The average molecular weight is 414 g/mol. The summed E-state index contributed by atoms with van der Waals surface area (Å²) in [5.41, 5.74) is 1.14. The normalized spacial score (nSPS) is 11.6. The summed E-state index contributed by atoms with van der Waals surface area (Å²) >= 11 is 0. The topological polar surface area (TPSA) is 84.9 Å². The number of hydrogen-bond donors (Lipinski definition) is 1. The van der Waals surface area contributed by atoms with Crippen molar-refractivity contribution >= 4 is 15.9 Å². The summed E-state index contributed by atoms with van der Waals surface area (Å²) in [5.74, 6) is -0.293. The van der Waals surface area contributed by atoms with Crippen LogP contribution < -0.4 is 10.1 Å². The summed E-state index contributed by atoms with van der Waals surface area (Å²) in [6.45, 7) is -2.55. The molecule has 0 aromatic heterocycles. The number of halogens is 2. The fraction of sp³-hybridized carbons (Fsp3) is 0.278. The lowest BCUT2D eigenvalue weighted by Crippen LogP contribution is -2.27. The number of hydrogen-bond acceptors (Lipinski definition) is 5. The van der Waals surface area contributed by atoms with Crippen molar-refractivity contribution < 1.29 is 31.6 Å². The van der Waals surface area contributed by atoms with Crippen LogP contribution in [0.25, 0.3) is 0 Å². The first-order chi connectivity index (χ1) is 13.2. The van der Waals surface area contributed by atoms with E-state index in [2.05, 4.69) is 14.9 Å². The second-order valence-electron chi connectivity index (χ2n) is 5.65. The van der Waals surface area contributed by atoms with Gasteiger partial charge < -0.3 is 10.1 Å². The zero-order valence-electron chi connectivity index (χ0n) is 15.3. The number of carbonyl (C=O) groups is 1. The molecule has 2 aromatic rings. The van der Waals surface area contributed by atoms with Crippen molar-refractivity contribution in [3.63, 3.8) is 0 Å². The number of amides is 1. The van der Waals surface area contributed by atoms with Gasteiger partial charge in [-0.1, -0.05) is 16.6 Å². The Morgan fingerprint density at radius 1 is 1.11 bits per heavy atom. The molecular formula is C18H20F2N2O5S. The quantitative estimate of drug-likeness (QED) is 0.637. The summed E-state index contributed by atoms with van der Waals surface area (Å²) in [6.07, 6.45) is 0.492. The number of hydroxylamine groups is 1. The molecule has 0 radical (unpaired) electrons. The van der Waals surface area contributed by atoms with Gasteiger partial charge in [-0.2, -0.15) is 8.78 Å². The lowest BCUT2D eigenvalue weighted by molar-refractivity contribution is -0.0498. The summed E-state index contributed by atoms with van der Waals surface area (Å²) in [6, 6.07) is 11.6. The molecule has 1 N–H and O–H groups in total. The van der Waals surface area contributed by atoms with Crippen LogP contribution in [0.1, 0.15) is 15.9 Å². The standard InChI is InChI=1S/C18H20F2N2O5S/c1-22(26-2)28(24,25)16-9-5-14(6-10-16)17(23)21-12-11-13-3-7-15(8-4-13)27-18(19)20/h3-10,18H,11-12H2,1-2H3,(H,21,23). The van der Waals surface area contributed by atoms with Crippen LogP contribution in [-0.2, 0) is 21.3 Å². The lowest BCUT2D eigenvalue weighted by Gasteiger charge is -2.14. The first-order valence-corrected chi connectivity index (χ1v) is 9.63. The molecule has 1 amide bonds. The SMILES string of the molecule is CON(C)S(=O)(=O)c1ccc(C(=O)NCCc2ccc(OC(F)F)cc2)cc1. The van der Waals surface area contributed by atoms with Gasteiger partial charge in [-0.15, -0.1) is 0 Å². The van der Waals surface area contributed by atoms with E-state index in [0.29, 0.717) is 18.5 Å². The number of alkyl halides is 2. The number of benzene rings is 2. The Bertz CT molecular complexity index is 887. The van der Waals surface area contributed by atoms with Crippen LogP contribution in [0.5, 0.6) is 5.75 Å². The van der Waals surface area contributed by atoms with Crippen molar-refractivity contribution in [1.29, 1.82) is 0 Å². The molecule has 28 heavy (non-hydrogen) atoms. The van der Waals surface area contributed by atoms with Crippen molar-refractivity contribution in [2.75, 3.05) is 20.7 Å². The first-order valence-electron chi connectivity index (χ1n) is 8.19. The number of rotatable bonds is 9. The fourth-order valence-corrected chi connectivity index (χ4v) is 3.26. The van der Waals surface area contributed by atoms with Gasteiger partial charge in [-0.25, -0.2) is 8.42 Å². The van der Waals surface area contributed by atoms with Gasteiger partial charge in [0.25, 0.3) is 15.9 Å². The Labute approximate surface area is 161 Å². The van der Waals surface area contributed by atoms with Gasteiger partial charge in [0.15, 0.2) is 0 Å². The Balaban J connectivity index is 1.89. The predicted octanol–water partition coefficient (Wildman–Crippen LogP) is 2.44. The zero-order valence-corrected chi connectivity index (χ0v) is 16.1. The highest BCUT2D eigenvalue weighted by molar-refractivity contribution is 7.89. The summed E-state index contributed by atoms with van der Waals surface area (Å²) in [4.78, 5) is 16.9. The van der Waals surface area contributed by atoms with Crippen molar-refractivity contribution in [3.8, 4) is 5.75 Å². The van der Waals surface area contributed by atoms with Gasteiger partial charge >= 0.3 is 6.61 Å². The summed E-state index contributed by atoms with van der Waals surface area (Å²) in [5, 5.41) is 2.71. The Hall–Kier alpha value is -2.56.